The maximum atomic E-state index is 10.4. The third-order valence-corrected chi connectivity index (χ3v) is 4.78. The highest BCUT2D eigenvalue weighted by Gasteiger charge is 2.14. The van der Waals surface area contributed by atoms with E-state index >= 15 is 0 Å². The lowest BCUT2D eigenvalue weighted by Crippen LogP contribution is -1.98. The molecule has 0 fully saturated rings. The van der Waals surface area contributed by atoms with E-state index in [0.29, 0.717) is 0 Å². The molecule has 1 nitrogen and oxygen atoms in total. The van der Waals surface area contributed by atoms with Crippen LogP contribution in [0.1, 0.15) is 17.2 Å². The summed E-state index contributed by atoms with van der Waals surface area (Å²) in [5, 5.41) is 16.7. The van der Waals surface area contributed by atoms with Gasteiger partial charge in [0.2, 0.25) is 0 Å². The van der Waals surface area contributed by atoms with Crippen molar-refractivity contribution in [2.24, 2.45) is 0 Å². The van der Waals surface area contributed by atoms with Crippen LogP contribution in [0.3, 0.4) is 0 Å². The smallest absolute Gasteiger partial charge is 0.106 e. The highest BCUT2D eigenvalue weighted by molar-refractivity contribution is 9.10. The number of hydrogen-bond donors (Lipinski definition) is 1. The van der Waals surface area contributed by atoms with Crippen LogP contribution in [0.5, 0.6) is 0 Å². The van der Waals surface area contributed by atoms with Crippen molar-refractivity contribution in [1.82, 2.24) is 0 Å². The predicted molar refractivity (Wildman–Crippen MR) is 80.0 cm³/mol. The summed E-state index contributed by atoms with van der Waals surface area (Å²) in [4.78, 5) is 0. The molecule has 0 aliphatic carbocycles. The number of halogens is 1. The molecule has 0 radical (unpaired) electrons. The minimum absolute atomic E-state index is 0.574. The van der Waals surface area contributed by atoms with Gasteiger partial charge >= 0.3 is 0 Å². The largest absolute Gasteiger partial charge is 0.384 e. The van der Waals surface area contributed by atoms with Gasteiger partial charge in [-0.1, -0.05) is 36.4 Å². The van der Waals surface area contributed by atoms with E-state index in [1.165, 1.54) is 5.39 Å². The molecule has 3 heteroatoms. The van der Waals surface area contributed by atoms with Gasteiger partial charge in [0.25, 0.3) is 0 Å². The summed E-state index contributed by atoms with van der Waals surface area (Å²) in [6, 6.07) is 14.3. The highest BCUT2D eigenvalue weighted by Crippen LogP contribution is 2.32. The van der Waals surface area contributed by atoms with Gasteiger partial charge < -0.3 is 5.11 Å². The van der Waals surface area contributed by atoms with Crippen molar-refractivity contribution in [3.05, 3.63) is 68.8 Å². The van der Waals surface area contributed by atoms with Gasteiger partial charge in [-0.3, -0.25) is 0 Å². The lowest BCUT2D eigenvalue weighted by Gasteiger charge is -2.11. The van der Waals surface area contributed by atoms with E-state index < -0.39 is 6.10 Å². The SMILES string of the molecule is OC(c1ccc2ccccc2c1)c1cscc1Br. The van der Waals surface area contributed by atoms with Gasteiger partial charge in [0.1, 0.15) is 6.10 Å². The summed E-state index contributed by atoms with van der Waals surface area (Å²) in [7, 11) is 0. The van der Waals surface area contributed by atoms with E-state index in [9.17, 15) is 5.11 Å². The summed E-state index contributed by atoms with van der Waals surface area (Å²) in [6.07, 6.45) is -0.574. The zero-order valence-corrected chi connectivity index (χ0v) is 11.9. The first-order valence-electron chi connectivity index (χ1n) is 5.64. The van der Waals surface area contributed by atoms with Gasteiger partial charge in [-0.2, -0.15) is 11.3 Å². The molecule has 0 saturated carbocycles. The number of aliphatic hydroxyl groups excluding tert-OH is 1. The van der Waals surface area contributed by atoms with Crippen molar-refractivity contribution < 1.29 is 5.11 Å². The van der Waals surface area contributed by atoms with Crippen molar-refractivity contribution in [2.45, 2.75) is 6.10 Å². The van der Waals surface area contributed by atoms with Gasteiger partial charge in [0, 0.05) is 15.4 Å². The molecular formula is C15H11BrOS. The molecule has 0 bridgehead atoms. The van der Waals surface area contributed by atoms with Gasteiger partial charge in [-0.25, -0.2) is 0 Å². The average molecular weight is 319 g/mol. The molecule has 0 spiro atoms. The molecule has 1 N–H and O–H groups in total. The van der Waals surface area contributed by atoms with E-state index in [2.05, 4.69) is 28.1 Å². The Morgan fingerprint density at radius 3 is 2.50 bits per heavy atom. The minimum Gasteiger partial charge on any atom is -0.384 e. The van der Waals surface area contributed by atoms with Crippen LogP contribution in [0.4, 0.5) is 0 Å². The Morgan fingerprint density at radius 1 is 1.00 bits per heavy atom. The first-order chi connectivity index (χ1) is 8.75. The van der Waals surface area contributed by atoms with Crippen LogP contribution in [0.25, 0.3) is 10.8 Å². The summed E-state index contributed by atoms with van der Waals surface area (Å²) >= 11 is 5.05. The Hall–Kier alpha value is -1.16. The fourth-order valence-electron chi connectivity index (χ4n) is 2.04. The molecule has 1 heterocycles. The Balaban J connectivity index is 2.07. The monoisotopic (exact) mass is 318 g/mol. The maximum absolute atomic E-state index is 10.4. The molecule has 18 heavy (non-hydrogen) atoms. The van der Waals surface area contributed by atoms with Gasteiger partial charge in [0.05, 0.1) is 0 Å². The van der Waals surface area contributed by atoms with Crippen LogP contribution in [-0.4, -0.2) is 5.11 Å². The lowest BCUT2D eigenvalue weighted by atomic mass is 10.0. The standard InChI is InChI=1S/C15H11BrOS/c16-14-9-18-8-13(14)15(17)12-6-5-10-3-1-2-4-11(10)7-12/h1-9,15,17H. The van der Waals surface area contributed by atoms with Crippen LogP contribution in [0.2, 0.25) is 0 Å². The number of rotatable bonds is 2. The van der Waals surface area contributed by atoms with E-state index in [0.717, 1.165) is 21.0 Å². The highest BCUT2D eigenvalue weighted by atomic mass is 79.9. The quantitative estimate of drug-likeness (QED) is 0.723. The first-order valence-corrected chi connectivity index (χ1v) is 7.37. The van der Waals surface area contributed by atoms with Crippen molar-refractivity contribution in [1.29, 1.82) is 0 Å². The Bertz CT molecular complexity index is 690. The molecule has 3 aromatic rings. The maximum Gasteiger partial charge on any atom is 0.106 e. The zero-order chi connectivity index (χ0) is 12.5. The van der Waals surface area contributed by atoms with E-state index in [1.807, 2.05) is 41.1 Å². The van der Waals surface area contributed by atoms with Crippen LogP contribution >= 0.6 is 27.3 Å². The molecule has 0 amide bonds. The zero-order valence-electron chi connectivity index (χ0n) is 9.51. The van der Waals surface area contributed by atoms with Crippen LogP contribution < -0.4 is 0 Å². The van der Waals surface area contributed by atoms with Crippen molar-refractivity contribution in [3.63, 3.8) is 0 Å². The summed E-state index contributed by atoms with van der Waals surface area (Å²) in [5.41, 5.74) is 1.85. The summed E-state index contributed by atoms with van der Waals surface area (Å²) in [5.74, 6) is 0. The third-order valence-electron chi connectivity index (χ3n) is 3.03. The van der Waals surface area contributed by atoms with Crippen LogP contribution in [0, 0.1) is 0 Å². The molecular weight excluding hydrogens is 308 g/mol. The van der Waals surface area contributed by atoms with Crippen molar-refractivity contribution in [2.75, 3.05) is 0 Å². The van der Waals surface area contributed by atoms with Crippen LogP contribution in [0.15, 0.2) is 57.7 Å². The Morgan fingerprint density at radius 2 is 1.78 bits per heavy atom. The molecule has 0 aliphatic rings. The van der Waals surface area contributed by atoms with Crippen molar-refractivity contribution >= 4 is 38.0 Å². The molecule has 1 atom stereocenters. The first kappa shape index (κ1) is 11.9. The molecule has 1 aromatic heterocycles. The van der Waals surface area contributed by atoms with E-state index in [4.69, 9.17) is 0 Å². The lowest BCUT2D eigenvalue weighted by molar-refractivity contribution is 0.220. The molecule has 0 saturated heterocycles. The van der Waals surface area contributed by atoms with Crippen molar-refractivity contribution in [3.8, 4) is 0 Å². The number of aliphatic hydroxyl groups is 1. The van der Waals surface area contributed by atoms with Gasteiger partial charge in [0.15, 0.2) is 0 Å². The molecule has 3 rings (SSSR count). The normalized spacial score (nSPS) is 12.8. The Kier molecular flexibility index (Phi) is 3.20. The fourth-order valence-corrected chi connectivity index (χ4v) is 3.58. The summed E-state index contributed by atoms with van der Waals surface area (Å²) < 4.78 is 0.966. The number of benzene rings is 2. The third kappa shape index (κ3) is 2.09. The molecule has 0 aliphatic heterocycles. The second-order valence-corrected chi connectivity index (χ2v) is 5.78. The molecule has 2 aromatic carbocycles. The molecule has 90 valence electrons. The van der Waals surface area contributed by atoms with Gasteiger partial charge in [-0.15, -0.1) is 0 Å². The second kappa shape index (κ2) is 4.84. The predicted octanol–water partition coefficient (Wildman–Crippen LogP) is 4.75. The molecule has 1 unspecified atom stereocenters. The second-order valence-electron chi connectivity index (χ2n) is 4.18. The van der Waals surface area contributed by atoms with Crippen LogP contribution in [-0.2, 0) is 0 Å². The van der Waals surface area contributed by atoms with Gasteiger partial charge in [-0.05, 0) is 43.7 Å². The van der Waals surface area contributed by atoms with E-state index in [1.54, 1.807) is 11.3 Å². The summed E-state index contributed by atoms with van der Waals surface area (Å²) in [6.45, 7) is 0. The average Bonchev–Trinajstić information content (AvgIpc) is 2.83. The fraction of sp³-hybridized carbons (Fsp3) is 0.0667. The number of hydrogen-bond acceptors (Lipinski definition) is 2. The number of fused-ring (bicyclic) bond motifs is 1. The minimum atomic E-state index is -0.574. The number of thiophene rings is 1. The van der Waals surface area contributed by atoms with E-state index in [-0.39, 0.29) is 0 Å². The Labute approximate surface area is 118 Å². The topological polar surface area (TPSA) is 20.2 Å².